The molecule has 2 heterocycles. The van der Waals surface area contributed by atoms with Crippen LogP contribution in [-0.2, 0) is 6.54 Å². The third-order valence-electron chi connectivity index (χ3n) is 4.26. The maximum atomic E-state index is 12.4. The number of methoxy groups -OCH3 is 1. The van der Waals surface area contributed by atoms with Gasteiger partial charge in [-0.15, -0.1) is 0 Å². The maximum absolute atomic E-state index is 12.4. The van der Waals surface area contributed by atoms with Crippen molar-refractivity contribution in [2.24, 2.45) is 0 Å². The van der Waals surface area contributed by atoms with E-state index in [1.807, 2.05) is 12.1 Å². The standard InChI is InChI=1S/C18H23N5O2/c1-22-8-10-23(11-9-22)13-14-4-3-5-15(12-14)17(24)21-18-19-7-6-16(20-18)25-2/h3-7,12H,8-11,13H2,1-2H3,(H,19,20,21,24). The van der Waals surface area contributed by atoms with Crippen molar-refractivity contribution < 1.29 is 9.53 Å². The molecular weight excluding hydrogens is 318 g/mol. The van der Waals surface area contributed by atoms with Crippen molar-refractivity contribution in [2.45, 2.75) is 6.54 Å². The summed E-state index contributed by atoms with van der Waals surface area (Å²) >= 11 is 0. The summed E-state index contributed by atoms with van der Waals surface area (Å²) in [6, 6.07) is 9.31. The molecule has 0 spiro atoms. The molecule has 1 aromatic carbocycles. The Labute approximate surface area is 147 Å². The fraction of sp³-hybridized carbons (Fsp3) is 0.389. The minimum Gasteiger partial charge on any atom is -0.481 e. The van der Waals surface area contributed by atoms with Crippen LogP contribution in [0.4, 0.5) is 5.95 Å². The Balaban J connectivity index is 1.64. The molecule has 1 saturated heterocycles. The summed E-state index contributed by atoms with van der Waals surface area (Å²) in [6.07, 6.45) is 1.55. The monoisotopic (exact) mass is 341 g/mol. The molecule has 0 atom stereocenters. The molecule has 0 aliphatic carbocycles. The van der Waals surface area contributed by atoms with E-state index in [0.717, 1.165) is 38.3 Å². The fourth-order valence-electron chi connectivity index (χ4n) is 2.76. The molecule has 132 valence electrons. The molecule has 1 aromatic heterocycles. The van der Waals surface area contributed by atoms with Gasteiger partial charge in [0.1, 0.15) is 0 Å². The minimum atomic E-state index is -0.228. The summed E-state index contributed by atoms with van der Waals surface area (Å²) in [5, 5.41) is 2.71. The van der Waals surface area contributed by atoms with Crippen molar-refractivity contribution in [1.82, 2.24) is 19.8 Å². The molecule has 25 heavy (non-hydrogen) atoms. The largest absolute Gasteiger partial charge is 0.481 e. The van der Waals surface area contributed by atoms with Gasteiger partial charge in [-0.25, -0.2) is 4.98 Å². The molecule has 0 bridgehead atoms. The lowest BCUT2D eigenvalue weighted by Gasteiger charge is -2.32. The fourth-order valence-corrected chi connectivity index (χ4v) is 2.76. The lowest BCUT2D eigenvalue weighted by molar-refractivity contribution is 0.102. The second kappa shape index (κ2) is 8.04. The van der Waals surface area contributed by atoms with Gasteiger partial charge in [0.25, 0.3) is 5.91 Å². The lowest BCUT2D eigenvalue weighted by atomic mass is 10.1. The van der Waals surface area contributed by atoms with Crippen LogP contribution in [0.1, 0.15) is 15.9 Å². The van der Waals surface area contributed by atoms with Crippen LogP contribution in [0.2, 0.25) is 0 Å². The van der Waals surface area contributed by atoms with Crippen molar-refractivity contribution in [2.75, 3.05) is 45.7 Å². The molecule has 3 rings (SSSR count). The van der Waals surface area contributed by atoms with Gasteiger partial charge in [-0.05, 0) is 24.7 Å². The highest BCUT2D eigenvalue weighted by molar-refractivity contribution is 6.03. The van der Waals surface area contributed by atoms with E-state index < -0.39 is 0 Å². The van der Waals surface area contributed by atoms with Gasteiger partial charge in [0.2, 0.25) is 11.8 Å². The summed E-state index contributed by atoms with van der Waals surface area (Å²) in [5.41, 5.74) is 1.72. The smallest absolute Gasteiger partial charge is 0.258 e. The van der Waals surface area contributed by atoms with Gasteiger partial charge in [-0.1, -0.05) is 12.1 Å². The zero-order chi connectivity index (χ0) is 17.6. The minimum absolute atomic E-state index is 0.228. The number of nitrogens with one attached hydrogen (secondary N) is 1. The molecule has 7 heteroatoms. The molecule has 1 N–H and O–H groups in total. The van der Waals surface area contributed by atoms with E-state index in [1.54, 1.807) is 18.3 Å². The zero-order valence-electron chi connectivity index (χ0n) is 14.6. The Morgan fingerprint density at radius 3 is 2.80 bits per heavy atom. The number of aromatic nitrogens is 2. The second-order valence-corrected chi connectivity index (χ2v) is 6.16. The molecule has 1 aliphatic heterocycles. The first kappa shape index (κ1) is 17.3. The average molecular weight is 341 g/mol. The maximum Gasteiger partial charge on any atom is 0.258 e. The van der Waals surface area contributed by atoms with Crippen LogP contribution in [0.3, 0.4) is 0 Å². The van der Waals surface area contributed by atoms with Crippen LogP contribution in [0.25, 0.3) is 0 Å². The van der Waals surface area contributed by atoms with E-state index in [-0.39, 0.29) is 11.9 Å². The van der Waals surface area contributed by atoms with Crippen molar-refractivity contribution in [3.63, 3.8) is 0 Å². The molecule has 0 unspecified atom stereocenters. The highest BCUT2D eigenvalue weighted by Gasteiger charge is 2.15. The molecule has 2 aromatic rings. The Kier molecular flexibility index (Phi) is 5.57. The topological polar surface area (TPSA) is 70.6 Å². The number of rotatable bonds is 5. The van der Waals surface area contributed by atoms with Gasteiger partial charge in [-0.2, -0.15) is 4.98 Å². The number of likely N-dealkylation sites (N-methyl/N-ethyl adjacent to an activating group) is 1. The third-order valence-corrected chi connectivity index (χ3v) is 4.26. The van der Waals surface area contributed by atoms with Crippen LogP contribution in [0.5, 0.6) is 5.88 Å². The highest BCUT2D eigenvalue weighted by Crippen LogP contribution is 2.13. The number of nitrogens with zero attached hydrogens (tertiary/aromatic N) is 4. The van der Waals surface area contributed by atoms with Crippen molar-refractivity contribution in [3.05, 3.63) is 47.7 Å². The predicted octanol–water partition coefficient (Wildman–Crippen LogP) is 1.48. The van der Waals surface area contributed by atoms with Gasteiger partial charge in [0.05, 0.1) is 7.11 Å². The van der Waals surface area contributed by atoms with Gasteiger partial charge in [0, 0.05) is 50.6 Å². The first-order valence-corrected chi connectivity index (χ1v) is 8.32. The number of hydrogen-bond acceptors (Lipinski definition) is 6. The van der Waals surface area contributed by atoms with E-state index in [0.29, 0.717) is 11.4 Å². The summed E-state index contributed by atoms with van der Waals surface area (Å²) in [4.78, 5) is 25.3. The number of carbonyl (C=O) groups excluding carboxylic acids is 1. The van der Waals surface area contributed by atoms with Gasteiger partial charge >= 0.3 is 0 Å². The van der Waals surface area contributed by atoms with Crippen molar-refractivity contribution >= 4 is 11.9 Å². The summed E-state index contributed by atoms with van der Waals surface area (Å²) < 4.78 is 5.04. The molecule has 1 amide bonds. The Bertz CT molecular complexity index is 729. The number of carbonyl (C=O) groups is 1. The van der Waals surface area contributed by atoms with Crippen LogP contribution in [0, 0.1) is 0 Å². The Hall–Kier alpha value is -2.51. The van der Waals surface area contributed by atoms with E-state index in [9.17, 15) is 4.79 Å². The number of hydrogen-bond donors (Lipinski definition) is 1. The number of amides is 1. The predicted molar refractivity (Wildman–Crippen MR) is 95.8 cm³/mol. The average Bonchev–Trinajstić information content (AvgIpc) is 2.64. The SMILES string of the molecule is COc1ccnc(NC(=O)c2cccc(CN3CCN(C)CC3)c2)n1. The van der Waals surface area contributed by atoms with Crippen LogP contribution >= 0.6 is 0 Å². The summed E-state index contributed by atoms with van der Waals surface area (Å²) in [5.74, 6) is 0.413. The first-order chi connectivity index (χ1) is 12.1. The summed E-state index contributed by atoms with van der Waals surface area (Å²) in [7, 11) is 3.67. The number of piperazine rings is 1. The number of ether oxygens (including phenoxy) is 1. The molecular formula is C18H23N5O2. The van der Waals surface area contributed by atoms with E-state index in [2.05, 4.69) is 38.2 Å². The van der Waals surface area contributed by atoms with Gasteiger partial charge < -0.3 is 9.64 Å². The normalized spacial score (nSPS) is 15.8. The lowest BCUT2D eigenvalue weighted by Crippen LogP contribution is -2.43. The van der Waals surface area contributed by atoms with E-state index in [1.165, 1.54) is 7.11 Å². The first-order valence-electron chi connectivity index (χ1n) is 8.32. The Morgan fingerprint density at radius 1 is 1.24 bits per heavy atom. The molecule has 0 saturated carbocycles. The highest BCUT2D eigenvalue weighted by atomic mass is 16.5. The number of anilines is 1. The Morgan fingerprint density at radius 2 is 2.04 bits per heavy atom. The summed E-state index contributed by atoms with van der Waals surface area (Å²) in [6.45, 7) is 5.10. The van der Waals surface area contributed by atoms with Crippen LogP contribution < -0.4 is 10.1 Å². The quantitative estimate of drug-likeness (QED) is 0.888. The molecule has 1 fully saturated rings. The third kappa shape index (κ3) is 4.74. The van der Waals surface area contributed by atoms with Crippen molar-refractivity contribution in [1.29, 1.82) is 0 Å². The van der Waals surface area contributed by atoms with Gasteiger partial charge in [0.15, 0.2) is 0 Å². The molecule has 7 nitrogen and oxygen atoms in total. The van der Waals surface area contributed by atoms with Crippen molar-refractivity contribution in [3.8, 4) is 5.88 Å². The van der Waals surface area contributed by atoms with Crippen LogP contribution in [-0.4, -0.2) is 66.0 Å². The van der Waals surface area contributed by atoms with E-state index in [4.69, 9.17) is 4.74 Å². The molecule has 1 aliphatic rings. The van der Waals surface area contributed by atoms with E-state index >= 15 is 0 Å². The molecule has 0 radical (unpaired) electrons. The van der Waals surface area contributed by atoms with Gasteiger partial charge in [-0.3, -0.25) is 15.0 Å². The van der Waals surface area contributed by atoms with Crippen LogP contribution in [0.15, 0.2) is 36.5 Å². The zero-order valence-corrected chi connectivity index (χ0v) is 14.6. The number of benzene rings is 1. The second-order valence-electron chi connectivity index (χ2n) is 6.16.